The molecule has 0 fully saturated rings. The summed E-state index contributed by atoms with van der Waals surface area (Å²) in [4.78, 5) is 15.3. The number of hydrogen-bond donors (Lipinski definition) is 1. The lowest BCUT2D eigenvalue weighted by Gasteiger charge is -2.15. The van der Waals surface area contributed by atoms with Crippen LogP contribution in [0.15, 0.2) is 70.4 Å². The van der Waals surface area contributed by atoms with Crippen LogP contribution in [0.3, 0.4) is 0 Å². The van der Waals surface area contributed by atoms with Gasteiger partial charge in [0.2, 0.25) is 10.0 Å². The van der Waals surface area contributed by atoms with Crippen molar-refractivity contribution in [2.75, 3.05) is 0 Å². The normalized spacial score (nSPS) is 12.1. The molecule has 3 rings (SSSR count). The zero-order valence-electron chi connectivity index (χ0n) is 13.5. The highest BCUT2D eigenvalue weighted by Crippen LogP contribution is 2.31. The first-order valence-electron chi connectivity index (χ1n) is 7.47. The smallest absolute Gasteiger partial charge is 0.261 e. The van der Waals surface area contributed by atoms with E-state index in [1.807, 2.05) is 0 Å². The Labute approximate surface area is 151 Å². The van der Waals surface area contributed by atoms with Crippen LogP contribution in [-0.2, 0) is 16.2 Å². The summed E-state index contributed by atoms with van der Waals surface area (Å²) in [6, 6.07) is 13.6. The predicted octanol–water partition coefficient (Wildman–Crippen LogP) is 2.57. The maximum Gasteiger partial charge on any atom is 0.433 e. The molecule has 1 heterocycles. The summed E-state index contributed by atoms with van der Waals surface area (Å²) >= 11 is 0. The van der Waals surface area contributed by atoms with Crippen molar-refractivity contribution < 1.29 is 21.6 Å². The van der Waals surface area contributed by atoms with Crippen molar-refractivity contribution >= 4 is 10.0 Å². The number of para-hydroxylation sites is 1. The quantitative estimate of drug-likeness (QED) is 0.737. The molecule has 0 amide bonds. The molecule has 2 aromatic carbocycles. The number of nitrogens with zero attached hydrogens (tertiary/aromatic N) is 2. The molecule has 6 nitrogen and oxygen atoms in total. The number of rotatable bonds is 3. The summed E-state index contributed by atoms with van der Waals surface area (Å²) < 4.78 is 63.1. The number of primary sulfonamides is 1. The van der Waals surface area contributed by atoms with Gasteiger partial charge in [-0.25, -0.2) is 18.4 Å². The van der Waals surface area contributed by atoms with E-state index in [0.717, 1.165) is 22.8 Å². The van der Waals surface area contributed by atoms with Gasteiger partial charge in [0.05, 0.1) is 16.3 Å². The van der Waals surface area contributed by atoms with Crippen molar-refractivity contribution in [3.8, 4) is 16.9 Å². The fraction of sp³-hybridized carbons (Fsp3) is 0.0588. The molecule has 0 saturated carbocycles. The Hall–Kier alpha value is -2.98. The fourth-order valence-corrected chi connectivity index (χ4v) is 3.00. The summed E-state index contributed by atoms with van der Waals surface area (Å²) in [7, 11) is -3.96. The molecule has 0 radical (unpaired) electrons. The Kier molecular flexibility index (Phi) is 4.62. The van der Waals surface area contributed by atoms with E-state index in [0.29, 0.717) is 5.69 Å². The average Bonchev–Trinajstić information content (AvgIpc) is 2.60. The first kappa shape index (κ1) is 18.8. The number of alkyl halides is 3. The molecule has 0 aliphatic rings. The molecule has 140 valence electrons. The van der Waals surface area contributed by atoms with Crippen molar-refractivity contribution in [2.45, 2.75) is 11.1 Å². The fourth-order valence-electron chi connectivity index (χ4n) is 2.48. The molecule has 0 atom stereocenters. The summed E-state index contributed by atoms with van der Waals surface area (Å²) in [5.74, 6) is 0. The zero-order chi connectivity index (χ0) is 19.8. The highest BCUT2D eigenvalue weighted by Gasteiger charge is 2.34. The molecule has 2 N–H and O–H groups in total. The van der Waals surface area contributed by atoms with Gasteiger partial charge in [0.15, 0.2) is 5.69 Å². The maximum atomic E-state index is 13.1. The zero-order valence-corrected chi connectivity index (χ0v) is 14.3. The van der Waals surface area contributed by atoms with E-state index in [9.17, 15) is 26.4 Å². The van der Waals surface area contributed by atoms with Gasteiger partial charge in [-0.2, -0.15) is 18.2 Å². The molecule has 0 saturated heterocycles. The number of halogens is 3. The van der Waals surface area contributed by atoms with Crippen LogP contribution >= 0.6 is 0 Å². The number of hydrogen-bond acceptors (Lipinski definition) is 4. The Morgan fingerprint density at radius 3 is 2.07 bits per heavy atom. The molecule has 27 heavy (non-hydrogen) atoms. The van der Waals surface area contributed by atoms with Crippen LogP contribution in [0.2, 0.25) is 0 Å². The van der Waals surface area contributed by atoms with Crippen molar-refractivity contribution in [1.82, 2.24) is 9.55 Å². The van der Waals surface area contributed by atoms with Crippen molar-refractivity contribution in [3.05, 3.63) is 76.8 Å². The van der Waals surface area contributed by atoms with E-state index in [1.54, 1.807) is 30.3 Å². The van der Waals surface area contributed by atoms with E-state index >= 15 is 0 Å². The van der Waals surface area contributed by atoms with Crippen molar-refractivity contribution in [3.63, 3.8) is 0 Å². The highest BCUT2D eigenvalue weighted by atomic mass is 32.2. The number of aromatic nitrogens is 2. The van der Waals surface area contributed by atoms with E-state index in [1.165, 1.54) is 12.1 Å². The van der Waals surface area contributed by atoms with Crippen LogP contribution in [0.5, 0.6) is 0 Å². The minimum atomic E-state index is -4.82. The van der Waals surface area contributed by atoms with Crippen LogP contribution in [0.1, 0.15) is 5.69 Å². The second kappa shape index (κ2) is 6.63. The number of nitrogens with two attached hydrogens (primary N) is 1. The van der Waals surface area contributed by atoms with Crippen LogP contribution in [0.4, 0.5) is 13.2 Å². The van der Waals surface area contributed by atoms with Gasteiger partial charge in [0, 0.05) is 0 Å². The third kappa shape index (κ3) is 3.91. The molecule has 10 heteroatoms. The second-order valence-electron chi connectivity index (χ2n) is 5.55. The lowest BCUT2D eigenvalue weighted by atomic mass is 10.1. The predicted molar refractivity (Wildman–Crippen MR) is 91.6 cm³/mol. The van der Waals surface area contributed by atoms with Crippen molar-refractivity contribution in [1.29, 1.82) is 0 Å². The standard InChI is InChI=1S/C17H12F3N3O3S/c18-17(19,20)15-10-14(11-6-8-13(9-7-11)27(21,25)26)23(16(24)22-15)12-4-2-1-3-5-12/h1-10H,(H2,21,25,26). The van der Waals surface area contributed by atoms with Gasteiger partial charge in [0.1, 0.15) is 0 Å². The molecule has 0 spiro atoms. The molecule has 3 aromatic rings. The van der Waals surface area contributed by atoms with E-state index < -0.39 is 27.6 Å². The highest BCUT2D eigenvalue weighted by molar-refractivity contribution is 7.89. The van der Waals surface area contributed by atoms with Gasteiger partial charge in [-0.1, -0.05) is 30.3 Å². The van der Waals surface area contributed by atoms with Gasteiger partial charge in [-0.05, 0) is 35.9 Å². The Bertz CT molecular complexity index is 1140. The summed E-state index contributed by atoms with van der Waals surface area (Å²) in [6.45, 7) is 0. The Morgan fingerprint density at radius 2 is 1.56 bits per heavy atom. The van der Waals surface area contributed by atoms with Crippen LogP contribution < -0.4 is 10.8 Å². The SMILES string of the molecule is NS(=O)(=O)c1ccc(-c2cc(C(F)(F)F)nc(=O)n2-c2ccccc2)cc1. The van der Waals surface area contributed by atoms with Gasteiger partial charge in [0.25, 0.3) is 0 Å². The lowest BCUT2D eigenvalue weighted by molar-refractivity contribution is -0.141. The number of benzene rings is 2. The first-order chi connectivity index (χ1) is 12.6. The third-order valence-corrected chi connectivity index (χ3v) is 4.63. The molecule has 0 aliphatic heterocycles. The van der Waals surface area contributed by atoms with E-state index in [-0.39, 0.29) is 16.2 Å². The minimum Gasteiger partial charge on any atom is -0.261 e. The number of sulfonamides is 1. The van der Waals surface area contributed by atoms with E-state index in [4.69, 9.17) is 5.14 Å². The monoisotopic (exact) mass is 395 g/mol. The molecule has 0 bridgehead atoms. The van der Waals surface area contributed by atoms with E-state index in [2.05, 4.69) is 4.98 Å². The van der Waals surface area contributed by atoms with Gasteiger partial charge in [-0.3, -0.25) is 4.57 Å². The van der Waals surface area contributed by atoms with Crippen LogP contribution in [-0.4, -0.2) is 18.0 Å². The molecular weight excluding hydrogens is 383 g/mol. The first-order valence-corrected chi connectivity index (χ1v) is 9.02. The maximum absolute atomic E-state index is 13.1. The lowest BCUT2D eigenvalue weighted by Crippen LogP contribution is -2.27. The molecule has 1 aromatic heterocycles. The minimum absolute atomic E-state index is 0.0884. The van der Waals surface area contributed by atoms with Gasteiger partial charge in [-0.15, -0.1) is 0 Å². The average molecular weight is 395 g/mol. The second-order valence-corrected chi connectivity index (χ2v) is 7.11. The van der Waals surface area contributed by atoms with Crippen molar-refractivity contribution in [2.24, 2.45) is 5.14 Å². The third-order valence-electron chi connectivity index (χ3n) is 3.71. The topological polar surface area (TPSA) is 95.1 Å². The van der Waals surface area contributed by atoms with Crippen LogP contribution in [0, 0.1) is 0 Å². The molecule has 0 aliphatic carbocycles. The summed E-state index contributed by atoms with van der Waals surface area (Å²) in [5, 5.41) is 5.03. The van der Waals surface area contributed by atoms with Gasteiger partial charge < -0.3 is 0 Å². The largest absolute Gasteiger partial charge is 0.433 e. The Morgan fingerprint density at radius 1 is 0.963 bits per heavy atom. The summed E-state index contributed by atoms with van der Waals surface area (Å²) in [6.07, 6.45) is -4.82. The molecular formula is C17H12F3N3O3S. The molecule has 0 unspecified atom stereocenters. The summed E-state index contributed by atoms with van der Waals surface area (Å²) in [5.41, 5.74) is -2.04. The van der Waals surface area contributed by atoms with Gasteiger partial charge >= 0.3 is 11.9 Å². The Balaban J connectivity index is 2.29. The van der Waals surface area contributed by atoms with Crippen LogP contribution in [0.25, 0.3) is 16.9 Å².